The molecule has 1 atom stereocenters. The molecule has 2 aromatic rings. The first-order chi connectivity index (χ1) is 12.0. The van der Waals surface area contributed by atoms with E-state index in [0.717, 1.165) is 11.1 Å². The molecule has 1 heterocycles. The quantitative estimate of drug-likeness (QED) is 0.525. The number of amides is 2. The topological polar surface area (TPSA) is 61.8 Å². The minimum atomic E-state index is -1.02. The predicted molar refractivity (Wildman–Crippen MR) is 102 cm³/mol. The Morgan fingerprint density at radius 3 is 2.48 bits per heavy atom. The molecule has 0 aliphatic carbocycles. The number of aliphatic imine (C=N–C) groups is 1. The van der Waals surface area contributed by atoms with Gasteiger partial charge in [0.2, 0.25) is 5.91 Å². The van der Waals surface area contributed by atoms with Crippen molar-refractivity contribution in [2.45, 2.75) is 13.8 Å². The molecule has 0 bridgehead atoms. The summed E-state index contributed by atoms with van der Waals surface area (Å²) in [7, 11) is 0. The molecule has 0 unspecified atom stereocenters. The molecule has 126 valence electrons. The molecule has 2 amide bonds. The van der Waals surface area contributed by atoms with Crippen molar-refractivity contribution in [3.05, 3.63) is 59.7 Å². The van der Waals surface area contributed by atoms with Crippen LogP contribution in [0.3, 0.4) is 0 Å². The first kappa shape index (κ1) is 17.0. The van der Waals surface area contributed by atoms with Gasteiger partial charge < -0.3 is 5.32 Å². The van der Waals surface area contributed by atoms with Crippen molar-refractivity contribution in [3.8, 4) is 0 Å². The largest absolute Gasteiger partial charge is 0.301 e. The van der Waals surface area contributed by atoms with Crippen molar-refractivity contribution in [3.63, 3.8) is 0 Å². The first-order valence-electron chi connectivity index (χ1n) is 7.82. The minimum Gasteiger partial charge on any atom is -0.301 e. The Morgan fingerprint density at radius 1 is 1.08 bits per heavy atom. The maximum absolute atomic E-state index is 12.8. The summed E-state index contributed by atoms with van der Waals surface area (Å²) in [4.78, 5) is 30.6. The van der Waals surface area contributed by atoms with Crippen LogP contribution in [0.4, 0.5) is 11.4 Å². The van der Waals surface area contributed by atoms with E-state index in [9.17, 15) is 9.59 Å². The molecule has 0 radical (unpaired) electrons. The second kappa shape index (κ2) is 6.94. The number of hydrogen-bond acceptors (Lipinski definition) is 4. The van der Waals surface area contributed by atoms with E-state index in [1.165, 1.54) is 11.1 Å². The van der Waals surface area contributed by atoms with Crippen LogP contribution in [0.2, 0.25) is 0 Å². The number of nitrogens with zero attached hydrogens (tertiary/aromatic N) is 2. The van der Waals surface area contributed by atoms with E-state index in [4.69, 9.17) is 12.2 Å². The SMILES string of the molecule is Cc1ccc(N=C[C@H]2C(=O)NC(=S)N(c3ccccc3)C2=O)cc1C. The molecule has 3 rings (SSSR count). The van der Waals surface area contributed by atoms with E-state index in [-0.39, 0.29) is 5.11 Å². The van der Waals surface area contributed by atoms with Gasteiger partial charge in [-0.05, 0) is 61.5 Å². The molecular weight excluding hydrogens is 334 g/mol. The van der Waals surface area contributed by atoms with Crippen LogP contribution < -0.4 is 10.2 Å². The lowest BCUT2D eigenvalue weighted by Gasteiger charge is -2.30. The van der Waals surface area contributed by atoms with Gasteiger partial charge in [0.05, 0.1) is 11.4 Å². The number of aryl methyl sites for hydroxylation is 2. The lowest BCUT2D eigenvalue weighted by atomic mass is 10.1. The van der Waals surface area contributed by atoms with Crippen LogP contribution in [-0.2, 0) is 9.59 Å². The summed E-state index contributed by atoms with van der Waals surface area (Å²) in [6.45, 7) is 4.00. The number of hydrogen-bond donors (Lipinski definition) is 1. The fourth-order valence-corrected chi connectivity index (χ4v) is 2.81. The predicted octanol–water partition coefficient (Wildman–Crippen LogP) is 3.07. The zero-order valence-electron chi connectivity index (χ0n) is 13.9. The zero-order chi connectivity index (χ0) is 18.0. The lowest BCUT2D eigenvalue weighted by molar-refractivity contribution is -0.130. The molecule has 25 heavy (non-hydrogen) atoms. The number of benzene rings is 2. The van der Waals surface area contributed by atoms with Crippen LogP contribution in [0, 0.1) is 19.8 Å². The minimum absolute atomic E-state index is 0.0806. The molecule has 1 fully saturated rings. The highest BCUT2D eigenvalue weighted by atomic mass is 32.1. The van der Waals surface area contributed by atoms with E-state index in [2.05, 4.69) is 10.3 Å². The first-order valence-corrected chi connectivity index (χ1v) is 8.23. The van der Waals surface area contributed by atoms with Crippen molar-refractivity contribution in [2.75, 3.05) is 4.90 Å². The van der Waals surface area contributed by atoms with E-state index < -0.39 is 17.7 Å². The second-order valence-corrected chi connectivity index (χ2v) is 6.21. The molecular formula is C19H17N3O2S. The number of rotatable bonds is 3. The smallest absolute Gasteiger partial charge is 0.251 e. The van der Waals surface area contributed by atoms with Crippen molar-refractivity contribution >= 4 is 46.7 Å². The zero-order valence-corrected chi connectivity index (χ0v) is 14.7. The second-order valence-electron chi connectivity index (χ2n) is 5.83. The molecule has 2 aromatic carbocycles. The molecule has 0 aromatic heterocycles. The summed E-state index contributed by atoms with van der Waals surface area (Å²) >= 11 is 5.15. The molecule has 6 heteroatoms. The maximum atomic E-state index is 12.8. The lowest BCUT2D eigenvalue weighted by Crippen LogP contribution is -2.58. The fourth-order valence-electron chi connectivity index (χ4n) is 2.51. The van der Waals surface area contributed by atoms with Gasteiger partial charge in [-0.1, -0.05) is 24.3 Å². The van der Waals surface area contributed by atoms with E-state index in [1.807, 2.05) is 38.1 Å². The average molecular weight is 351 g/mol. The Bertz CT molecular complexity index is 877. The highest BCUT2D eigenvalue weighted by Crippen LogP contribution is 2.21. The van der Waals surface area contributed by atoms with Crippen LogP contribution in [0.25, 0.3) is 0 Å². The van der Waals surface area contributed by atoms with E-state index in [0.29, 0.717) is 11.4 Å². The van der Waals surface area contributed by atoms with Gasteiger partial charge in [-0.2, -0.15) is 0 Å². The van der Waals surface area contributed by atoms with Crippen molar-refractivity contribution < 1.29 is 9.59 Å². The normalized spacial score (nSPS) is 17.9. The summed E-state index contributed by atoms with van der Waals surface area (Å²) in [5, 5.41) is 2.65. The van der Waals surface area contributed by atoms with Crippen LogP contribution in [0.5, 0.6) is 0 Å². The standard InChI is InChI=1S/C19H17N3O2S/c1-12-8-9-14(10-13(12)2)20-11-16-17(23)21-19(25)22(18(16)24)15-6-4-3-5-7-15/h3-11,16H,1-2H3,(H,21,23,25)/t16-/m0/s1. The summed E-state index contributed by atoms with van der Waals surface area (Å²) in [6.07, 6.45) is 1.37. The van der Waals surface area contributed by atoms with Gasteiger partial charge in [-0.25, -0.2) is 0 Å². The molecule has 1 aliphatic rings. The van der Waals surface area contributed by atoms with Gasteiger partial charge in [0.1, 0.15) is 0 Å². The summed E-state index contributed by atoms with van der Waals surface area (Å²) in [5.74, 6) is -1.89. The number of para-hydroxylation sites is 1. The molecule has 1 N–H and O–H groups in total. The number of anilines is 1. The monoisotopic (exact) mass is 351 g/mol. The third-order valence-electron chi connectivity index (χ3n) is 4.08. The van der Waals surface area contributed by atoms with Crippen molar-refractivity contribution in [1.29, 1.82) is 0 Å². The molecule has 5 nitrogen and oxygen atoms in total. The van der Waals surface area contributed by atoms with E-state index >= 15 is 0 Å². The molecule has 0 saturated carbocycles. The Kier molecular flexibility index (Phi) is 4.72. The van der Waals surface area contributed by atoms with Gasteiger partial charge in [0, 0.05) is 6.21 Å². The Labute approximate surface area is 151 Å². The van der Waals surface area contributed by atoms with Gasteiger partial charge in [0.15, 0.2) is 11.0 Å². The third-order valence-corrected chi connectivity index (χ3v) is 4.36. The summed E-state index contributed by atoms with van der Waals surface area (Å²) in [6, 6.07) is 14.7. The summed E-state index contributed by atoms with van der Waals surface area (Å²) < 4.78 is 0. The molecule has 1 aliphatic heterocycles. The van der Waals surface area contributed by atoms with Crippen LogP contribution >= 0.6 is 12.2 Å². The van der Waals surface area contributed by atoms with Gasteiger partial charge in [0.25, 0.3) is 5.91 Å². The Balaban J connectivity index is 1.88. The van der Waals surface area contributed by atoms with Crippen LogP contribution in [-0.4, -0.2) is 23.1 Å². The molecule has 0 spiro atoms. The number of thiocarbonyl (C=S) groups is 1. The number of carbonyl (C=O) groups is 2. The average Bonchev–Trinajstić information content (AvgIpc) is 2.58. The van der Waals surface area contributed by atoms with Gasteiger partial charge in [-0.15, -0.1) is 0 Å². The third kappa shape index (κ3) is 3.49. The van der Waals surface area contributed by atoms with Crippen LogP contribution in [0.1, 0.15) is 11.1 Å². The Morgan fingerprint density at radius 2 is 1.80 bits per heavy atom. The van der Waals surface area contributed by atoms with Crippen LogP contribution in [0.15, 0.2) is 53.5 Å². The Hall–Kier alpha value is -2.86. The maximum Gasteiger partial charge on any atom is 0.251 e. The van der Waals surface area contributed by atoms with Gasteiger partial charge in [-0.3, -0.25) is 19.5 Å². The van der Waals surface area contributed by atoms with E-state index in [1.54, 1.807) is 24.3 Å². The highest BCUT2D eigenvalue weighted by molar-refractivity contribution is 7.80. The fraction of sp³-hybridized carbons (Fsp3) is 0.158. The number of carbonyl (C=O) groups excluding carboxylic acids is 2. The van der Waals surface area contributed by atoms with Gasteiger partial charge >= 0.3 is 0 Å². The molecule has 1 saturated heterocycles. The summed E-state index contributed by atoms with van der Waals surface area (Å²) in [5.41, 5.74) is 3.57. The highest BCUT2D eigenvalue weighted by Gasteiger charge is 2.38. The van der Waals surface area contributed by atoms with Crippen molar-refractivity contribution in [2.24, 2.45) is 10.9 Å². The van der Waals surface area contributed by atoms with Crippen molar-refractivity contribution in [1.82, 2.24) is 5.32 Å². The number of nitrogens with one attached hydrogen (secondary N) is 1.